The molecule has 0 bridgehead atoms. The van der Waals surface area contributed by atoms with E-state index in [9.17, 15) is 14.4 Å². The van der Waals surface area contributed by atoms with Crippen LogP contribution in [0, 0.1) is 0 Å². The van der Waals surface area contributed by atoms with Crippen LogP contribution < -0.4 is 16.0 Å². The van der Waals surface area contributed by atoms with Gasteiger partial charge in [0.25, 0.3) is 5.91 Å². The highest BCUT2D eigenvalue weighted by atomic mass is 16.2. The fourth-order valence-electron chi connectivity index (χ4n) is 2.41. The number of nitrogens with zero attached hydrogens (tertiary/aromatic N) is 2. The molecule has 0 unspecified atom stereocenters. The van der Waals surface area contributed by atoms with Crippen molar-refractivity contribution in [2.45, 2.75) is 25.4 Å². The van der Waals surface area contributed by atoms with E-state index in [1.807, 2.05) is 36.5 Å². The number of carbonyl (C=O) groups excluding carboxylic acids is 3. The maximum absolute atomic E-state index is 11.8. The SMILES string of the molecule is O=C(CC[C@@H]1NC(=O)NC1=O)NCc1ccc(-n2cccn2)cc1. The first-order valence-electron chi connectivity index (χ1n) is 7.59. The monoisotopic (exact) mass is 327 g/mol. The van der Waals surface area contributed by atoms with Gasteiger partial charge in [-0.3, -0.25) is 14.9 Å². The van der Waals surface area contributed by atoms with E-state index in [4.69, 9.17) is 0 Å². The summed E-state index contributed by atoms with van der Waals surface area (Å²) in [6.45, 7) is 0.404. The molecule has 2 heterocycles. The number of hydrogen-bond acceptors (Lipinski definition) is 4. The lowest BCUT2D eigenvalue weighted by molar-refractivity contribution is -0.122. The summed E-state index contributed by atoms with van der Waals surface area (Å²) in [5.74, 6) is -0.554. The van der Waals surface area contributed by atoms with Crippen LogP contribution in [0.3, 0.4) is 0 Å². The van der Waals surface area contributed by atoms with Crippen molar-refractivity contribution in [1.82, 2.24) is 25.7 Å². The van der Waals surface area contributed by atoms with Gasteiger partial charge in [-0.05, 0) is 30.2 Å². The highest BCUT2D eigenvalue weighted by Gasteiger charge is 2.29. The maximum Gasteiger partial charge on any atom is 0.322 e. The molecule has 24 heavy (non-hydrogen) atoms. The Morgan fingerprint density at radius 2 is 2.04 bits per heavy atom. The lowest BCUT2D eigenvalue weighted by atomic mass is 10.1. The van der Waals surface area contributed by atoms with Gasteiger partial charge < -0.3 is 10.6 Å². The minimum atomic E-state index is -0.628. The Bertz CT molecular complexity index is 740. The van der Waals surface area contributed by atoms with Gasteiger partial charge in [0.05, 0.1) is 5.69 Å². The molecule has 1 fully saturated rings. The van der Waals surface area contributed by atoms with Crippen LogP contribution in [0.5, 0.6) is 0 Å². The van der Waals surface area contributed by atoms with Gasteiger partial charge in [-0.1, -0.05) is 12.1 Å². The second-order valence-corrected chi connectivity index (χ2v) is 5.45. The summed E-state index contributed by atoms with van der Waals surface area (Å²) in [5, 5.41) is 11.5. The molecule has 0 radical (unpaired) electrons. The zero-order chi connectivity index (χ0) is 16.9. The molecule has 3 rings (SSSR count). The van der Waals surface area contributed by atoms with Crippen LogP contribution >= 0.6 is 0 Å². The van der Waals surface area contributed by atoms with Crippen LogP contribution in [0.1, 0.15) is 18.4 Å². The van der Waals surface area contributed by atoms with Crippen molar-refractivity contribution in [3.8, 4) is 5.69 Å². The lowest BCUT2D eigenvalue weighted by Gasteiger charge is -2.09. The van der Waals surface area contributed by atoms with Crippen LogP contribution in [-0.2, 0) is 16.1 Å². The fraction of sp³-hybridized carbons (Fsp3) is 0.250. The van der Waals surface area contributed by atoms with Gasteiger partial charge >= 0.3 is 6.03 Å². The van der Waals surface area contributed by atoms with E-state index in [1.165, 1.54) is 0 Å². The number of hydrogen-bond donors (Lipinski definition) is 3. The number of carbonyl (C=O) groups is 3. The van der Waals surface area contributed by atoms with E-state index < -0.39 is 12.1 Å². The average molecular weight is 327 g/mol. The molecular formula is C16H17N5O3. The van der Waals surface area contributed by atoms with E-state index in [1.54, 1.807) is 10.9 Å². The molecule has 1 aromatic carbocycles. The average Bonchev–Trinajstić information content (AvgIpc) is 3.21. The third-order valence-electron chi connectivity index (χ3n) is 3.71. The van der Waals surface area contributed by atoms with Gasteiger partial charge in [0.1, 0.15) is 6.04 Å². The van der Waals surface area contributed by atoms with Crippen molar-refractivity contribution in [2.75, 3.05) is 0 Å². The molecule has 8 nitrogen and oxygen atoms in total. The van der Waals surface area contributed by atoms with Crippen molar-refractivity contribution in [3.05, 3.63) is 48.3 Å². The lowest BCUT2D eigenvalue weighted by Crippen LogP contribution is -2.31. The molecule has 4 amide bonds. The largest absolute Gasteiger partial charge is 0.352 e. The Balaban J connectivity index is 1.44. The van der Waals surface area contributed by atoms with E-state index in [0.29, 0.717) is 6.54 Å². The van der Waals surface area contributed by atoms with Crippen molar-refractivity contribution in [1.29, 1.82) is 0 Å². The summed E-state index contributed by atoms with van der Waals surface area (Å²) in [7, 11) is 0. The number of benzene rings is 1. The molecular weight excluding hydrogens is 310 g/mol. The van der Waals surface area contributed by atoms with Crippen LogP contribution in [0.4, 0.5) is 4.79 Å². The molecule has 0 saturated carbocycles. The van der Waals surface area contributed by atoms with E-state index in [2.05, 4.69) is 21.0 Å². The second kappa shape index (κ2) is 6.95. The number of amides is 4. The Labute approximate surface area is 138 Å². The number of imide groups is 1. The minimum absolute atomic E-state index is 0.167. The zero-order valence-corrected chi connectivity index (χ0v) is 12.9. The summed E-state index contributed by atoms with van der Waals surface area (Å²) in [4.78, 5) is 34.2. The van der Waals surface area contributed by atoms with Crippen LogP contribution in [0.25, 0.3) is 5.69 Å². The minimum Gasteiger partial charge on any atom is -0.352 e. The molecule has 124 valence electrons. The summed E-state index contributed by atoms with van der Waals surface area (Å²) in [5.41, 5.74) is 1.91. The van der Waals surface area contributed by atoms with Crippen molar-refractivity contribution in [2.24, 2.45) is 0 Å². The predicted molar refractivity (Wildman–Crippen MR) is 85.1 cm³/mol. The van der Waals surface area contributed by atoms with E-state index in [-0.39, 0.29) is 24.7 Å². The van der Waals surface area contributed by atoms with Crippen LogP contribution in [-0.4, -0.2) is 33.7 Å². The molecule has 3 N–H and O–H groups in total. The third-order valence-corrected chi connectivity index (χ3v) is 3.71. The van der Waals surface area contributed by atoms with Gasteiger partial charge in [0, 0.05) is 25.4 Å². The molecule has 8 heteroatoms. The van der Waals surface area contributed by atoms with Crippen LogP contribution in [0.15, 0.2) is 42.7 Å². The third kappa shape index (κ3) is 3.78. The van der Waals surface area contributed by atoms with E-state index >= 15 is 0 Å². The van der Waals surface area contributed by atoms with Crippen LogP contribution in [0.2, 0.25) is 0 Å². The van der Waals surface area contributed by atoms with Gasteiger partial charge in [0.2, 0.25) is 5.91 Å². The van der Waals surface area contributed by atoms with Gasteiger partial charge in [-0.25, -0.2) is 9.48 Å². The number of nitrogens with one attached hydrogen (secondary N) is 3. The highest BCUT2D eigenvalue weighted by molar-refractivity contribution is 6.04. The zero-order valence-electron chi connectivity index (χ0n) is 12.9. The van der Waals surface area contributed by atoms with Gasteiger partial charge in [-0.2, -0.15) is 5.10 Å². The summed E-state index contributed by atoms with van der Waals surface area (Å²) >= 11 is 0. The summed E-state index contributed by atoms with van der Waals surface area (Å²) < 4.78 is 1.75. The fourth-order valence-corrected chi connectivity index (χ4v) is 2.41. The predicted octanol–water partition coefficient (Wildman–Crippen LogP) is 0.477. The Morgan fingerprint density at radius 3 is 2.67 bits per heavy atom. The van der Waals surface area contributed by atoms with Gasteiger partial charge in [0.15, 0.2) is 0 Å². The van der Waals surface area contributed by atoms with Crippen molar-refractivity contribution in [3.63, 3.8) is 0 Å². The Morgan fingerprint density at radius 1 is 1.25 bits per heavy atom. The second-order valence-electron chi connectivity index (χ2n) is 5.45. The quantitative estimate of drug-likeness (QED) is 0.671. The molecule has 1 atom stereocenters. The van der Waals surface area contributed by atoms with Gasteiger partial charge in [-0.15, -0.1) is 0 Å². The smallest absolute Gasteiger partial charge is 0.322 e. The normalized spacial score (nSPS) is 16.6. The Hall–Kier alpha value is -3.16. The molecule has 0 spiro atoms. The topological polar surface area (TPSA) is 105 Å². The Kier molecular flexibility index (Phi) is 4.55. The molecule has 1 aromatic heterocycles. The maximum atomic E-state index is 11.8. The number of aromatic nitrogens is 2. The number of rotatable bonds is 6. The molecule has 1 saturated heterocycles. The summed E-state index contributed by atoms with van der Waals surface area (Å²) in [6, 6.07) is 8.39. The number of urea groups is 1. The summed E-state index contributed by atoms with van der Waals surface area (Å²) in [6.07, 6.45) is 4.02. The standard InChI is InChI=1S/C16H17N5O3/c22-14(7-6-13-15(23)20-16(24)19-13)17-10-11-2-4-12(5-3-11)21-9-1-8-18-21/h1-5,8-9,13H,6-7,10H2,(H,17,22)(H2,19,20,23,24)/t13-/m0/s1. The molecule has 2 aromatic rings. The van der Waals surface area contributed by atoms with Crippen molar-refractivity contribution >= 4 is 17.8 Å². The first-order valence-corrected chi connectivity index (χ1v) is 7.59. The molecule has 0 aliphatic carbocycles. The first-order chi connectivity index (χ1) is 11.6. The highest BCUT2D eigenvalue weighted by Crippen LogP contribution is 2.09. The molecule has 1 aliphatic rings. The first kappa shape index (κ1) is 15.7. The van der Waals surface area contributed by atoms with Crippen molar-refractivity contribution < 1.29 is 14.4 Å². The van der Waals surface area contributed by atoms with E-state index in [0.717, 1.165) is 11.3 Å². The molecule has 1 aliphatic heterocycles.